The van der Waals surface area contributed by atoms with Crippen LogP contribution in [0.4, 0.5) is 5.69 Å². The van der Waals surface area contributed by atoms with Gasteiger partial charge in [0.1, 0.15) is 5.57 Å². The second-order valence-corrected chi connectivity index (χ2v) is 8.82. The maximum absolute atomic E-state index is 13.9. The highest BCUT2D eigenvalue weighted by Gasteiger charge is 2.48. The Morgan fingerprint density at radius 1 is 0.800 bits per heavy atom. The monoisotopic (exact) mass is 465 g/mol. The predicted molar refractivity (Wildman–Crippen MR) is 134 cm³/mol. The van der Waals surface area contributed by atoms with Crippen molar-refractivity contribution in [2.75, 3.05) is 4.90 Å². The summed E-state index contributed by atoms with van der Waals surface area (Å²) in [6.07, 6.45) is 3.51. The third kappa shape index (κ3) is 3.71. The number of rotatable bonds is 5. The minimum absolute atomic E-state index is 0.0917. The van der Waals surface area contributed by atoms with Gasteiger partial charge in [-0.25, -0.2) is 9.58 Å². The standard InChI is InChI=1S/C28H24N4O3/c1-18(2)24-22(27(34)32(29-24)21-14-8-5-9-15-21)23-25(30-16-10-11-19(3)17-30)28(35)31(26(23)33)20-12-6-4-7-13-20/h4-18H,1-3H3/p+1. The minimum atomic E-state index is -0.525. The minimum Gasteiger partial charge on any atom is -0.294 e. The maximum Gasteiger partial charge on any atom is 0.331 e. The van der Waals surface area contributed by atoms with Crippen molar-refractivity contribution in [3.8, 4) is 5.69 Å². The normalized spacial score (nSPS) is 13.9. The number of carbonyl (C=O) groups is 2. The molecule has 0 aliphatic carbocycles. The number of para-hydroxylation sites is 2. The number of nitrogens with zero attached hydrogens (tertiary/aromatic N) is 3. The fourth-order valence-corrected chi connectivity index (χ4v) is 4.40. The van der Waals surface area contributed by atoms with E-state index >= 15 is 0 Å². The first kappa shape index (κ1) is 22.3. The summed E-state index contributed by atoms with van der Waals surface area (Å²) >= 11 is 0. The van der Waals surface area contributed by atoms with E-state index in [0.29, 0.717) is 17.1 Å². The summed E-state index contributed by atoms with van der Waals surface area (Å²) in [5.41, 5.74) is 2.69. The van der Waals surface area contributed by atoms with E-state index in [2.05, 4.69) is 5.10 Å². The number of H-pyrrole nitrogens is 1. The molecule has 2 aromatic heterocycles. The largest absolute Gasteiger partial charge is 0.331 e. The molecule has 0 unspecified atom stereocenters. The van der Waals surface area contributed by atoms with Crippen molar-refractivity contribution < 1.29 is 14.2 Å². The predicted octanol–water partition coefficient (Wildman–Crippen LogP) is 3.83. The summed E-state index contributed by atoms with van der Waals surface area (Å²) in [5, 5.41) is 3.19. The zero-order valence-electron chi connectivity index (χ0n) is 19.7. The molecule has 0 fully saturated rings. The number of anilines is 1. The van der Waals surface area contributed by atoms with Crippen molar-refractivity contribution in [3.05, 3.63) is 112 Å². The Morgan fingerprint density at radius 3 is 2.03 bits per heavy atom. The van der Waals surface area contributed by atoms with Crippen molar-refractivity contribution in [3.63, 3.8) is 0 Å². The molecule has 5 rings (SSSR count). The first-order chi connectivity index (χ1) is 16.9. The SMILES string of the molecule is Cc1ccc[n+](C2=C(c3c(C(C)C)[nH]n(-c4ccccc4)c3=O)C(=O)N(c3ccccc3)C2=O)c1. The molecule has 35 heavy (non-hydrogen) atoms. The third-order valence-corrected chi connectivity index (χ3v) is 6.04. The van der Waals surface area contributed by atoms with Crippen LogP contribution in [0.5, 0.6) is 0 Å². The molecule has 1 aliphatic heterocycles. The van der Waals surface area contributed by atoms with Crippen LogP contribution in [0, 0.1) is 6.92 Å². The van der Waals surface area contributed by atoms with Gasteiger partial charge in [0.05, 0.1) is 16.9 Å². The third-order valence-electron chi connectivity index (χ3n) is 6.04. The molecule has 4 aromatic rings. The molecule has 2 aromatic carbocycles. The molecule has 0 saturated heterocycles. The number of aryl methyl sites for hydroxylation is 1. The smallest absolute Gasteiger partial charge is 0.294 e. The van der Waals surface area contributed by atoms with Crippen molar-refractivity contribution in [2.45, 2.75) is 26.7 Å². The summed E-state index contributed by atoms with van der Waals surface area (Å²) in [4.78, 5) is 42.7. The lowest BCUT2D eigenvalue weighted by molar-refractivity contribution is -0.577. The van der Waals surface area contributed by atoms with Crippen LogP contribution >= 0.6 is 0 Å². The molecule has 2 amide bonds. The van der Waals surface area contributed by atoms with Crippen LogP contribution in [-0.2, 0) is 9.59 Å². The quantitative estimate of drug-likeness (QED) is 0.359. The lowest BCUT2D eigenvalue weighted by Crippen LogP contribution is -2.39. The van der Waals surface area contributed by atoms with Crippen molar-refractivity contribution in [1.82, 2.24) is 9.78 Å². The van der Waals surface area contributed by atoms with E-state index in [1.54, 1.807) is 41.2 Å². The molecule has 1 N–H and O–H groups in total. The maximum atomic E-state index is 13.9. The van der Waals surface area contributed by atoms with E-state index in [1.807, 2.05) is 69.3 Å². The number of aromatic nitrogens is 3. The van der Waals surface area contributed by atoms with Gasteiger partial charge in [0.15, 0.2) is 12.4 Å². The van der Waals surface area contributed by atoms with E-state index in [0.717, 1.165) is 10.5 Å². The summed E-state index contributed by atoms with van der Waals surface area (Å²) in [5.74, 6) is -1.11. The lowest BCUT2D eigenvalue weighted by atomic mass is 9.98. The fraction of sp³-hybridized carbons (Fsp3) is 0.143. The van der Waals surface area contributed by atoms with Gasteiger partial charge < -0.3 is 0 Å². The van der Waals surface area contributed by atoms with E-state index in [9.17, 15) is 14.4 Å². The van der Waals surface area contributed by atoms with E-state index in [4.69, 9.17) is 0 Å². The van der Waals surface area contributed by atoms with Crippen LogP contribution < -0.4 is 15.0 Å². The number of nitrogens with one attached hydrogen (secondary N) is 1. The van der Waals surface area contributed by atoms with Gasteiger partial charge in [-0.05, 0) is 43.2 Å². The average molecular weight is 466 g/mol. The first-order valence-corrected chi connectivity index (χ1v) is 11.5. The van der Waals surface area contributed by atoms with Crippen LogP contribution in [0.1, 0.15) is 36.6 Å². The summed E-state index contributed by atoms with van der Waals surface area (Å²) in [7, 11) is 0. The number of aromatic amines is 1. The first-order valence-electron chi connectivity index (χ1n) is 11.5. The number of pyridine rings is 1. The van der Waals surface area contributed by atoms with Crippen molar-refractivity contribution >= 4 is 28.8 Å². The molecule has 3 heterocycles. The van der Waals surface area contributed by atoms with Gasteiger partial charge in [0.25, 0.3) is 17.2 Å². The Morgan fingerprint density at radius 2 is 1.43 bits per heavy atom. The van der Waals surface area contributed by atoms with Crippen LogP contribution in [-0.4, -0.2) is 21.6 Å². The van der Waals surface area contributed by atoms with E-state index in [-0.39, 0.29) is 28.3 Å². The van der Waals surface area contributed by atoms with Gasteiger partial charge in [0, 0.05) is 17.3 Å². The molecule has 0 bridgehead atoms. The Labute approximate surface area is 202 Å². The van der Waals surface area contributed by atoms with Gasteiger partial charge >= 0.3 is 5.91 Å². The zero-order chi connectivity index (χ0) is 24.7. The van der Waals surface area contributed by atoms with E-state index in [1.165, 1.54) is 4.68 Å². The highest BCUT2D eigenvalue weighted by molar-refractivity contribution is 6.53. The lowest BCUT2D eigenvalue weighted by Gasteiger charge is -2.13. The fourth-order valence-electron chi connectivity index (χ4n) is 4.40. The number of imide groups is 1. The zero-order valence-corrected chi connectivity index (χ0v) is 19.7. The van der Waals surface area contributed by atoms with Crippen LogP contribution in [0.3, 0.4) is 0 Å². The Balaban J connectivity index is 1.82. The summed E-state index contributed by atoms with van der Waals surface area (Å²) < 4.78 is 3.07. The van der Waals surface area contributed by atoms with Crippen LogP contribution in [0.15, 0.2) is 90.0 Å². The Bertz CT molecular complexity index is 1530. The number of hydrogen-bond acceptors (Lipinski definition) is 3. The highest BCUT2D eigenvalue weighted by atomic mass is 16.2. The van der Waals surface area contributed by atoms with E-state index < -0.39 is 11.8 Å². The molecule has 0 radical (unpaired) electrons. The van der Waals surface area contributed by atoms with Gasteiger partial charge in [0.2, 0.25) is 0 Å². The van der Waals surface area contributed by atoms with Crippen LogP contribution in [0.25, 0.3) is 17.0 Å². The molecule has 7 nitrogen and oxygen atoms in total. The molecule has 1 aliphatic rings. The van der Waals surface area contributed by atoms with Gasteiger partial charge in [-0.15, -0.1) is 0 Å². The van der Waals surface area contributed by atoms with Crippen molar-refractivity contribution in [1.29, 1.82) is 0 Å². The Kier molecular flexibility index (Phi) is 5.53. The van der Waals surface area contributed by atoms with Crippen LogP contribution in [0.2, 0.25) is 0 Å². The molecule has 174 valence electrons. The number of amides is 2. The number of benzene rings is 2. The average Bonchev–Trinajstić information content (AvgIpc) is 3.33. The topological polar surface area (TPSA) is 79.1 Å². The van der Waals surface area contributed by atoms with Gasteiger partial charge in [-0.1, -0.05) is 50.2 Å². The van der Waals surface area contributed by atoms with Crippen molar-refractivity contribution in [2.24, 2.45) is 0 Å². The summed E-state index contributed by atoms with van der Waals surface area (Å²) in [6.45, 7) is 5.80. The highest BCUT2D eigenvalue weighted by Crippen LogP contribution is 2.34. The molecular formula is C28H25N4O3+. The number of hydrogen-bond donors (Lipinski definition) is 1. The summed E-state index contributed by atoms with van der Waals surface area (Å²) in [6, 6.07) is 21.7. The number of carbonyl (C=O) groups excluding carboxylic acids is 2. The molecule has 7 heteroatoms. The van der Waals surface area contributed by atoms with Gasteiger partial charge in [-0.2, -0.15) is 4.57 Å². The van der Waals surface area contributed by atoms with Gasteiger partial charge in [-0.3, -0.25) is 19.5 Å². The molecule has 0 saturated carbocycles. The Hall–Kier alpha value is -4.52. The molecular weight excluding hydrogens is 440 g/mol. The molecule has 0 spiro atoms. The second kappa shape index (κ2) is 8.68. The second-order valence-electron chi connectivity index (χ2n) is 8.82. The molecule has 0 atom stereocenters.